The Morgan fingerprint density at radius 2 is 1.95 bits per heavy atom. The van der Waals surface area contributed by atoms with Crippen LogP contribution in [-0.2, 0) is 0 Å². The maximum absolute atomic E-state index is 11.6. The van der Waals surface area contributed by atoms with Gasteiger partial charge in [-0.3, -0.25) is 4.79 Å². The smallest absolute Gasteiger partial charge is 0.251 e. The molecule has 0 aliphatic rings. The van der Waals surface area contributed by atoms with Crippen molar-refractivity contribution < 1.29 is 4.79 Å². The van der Waals surface area contributed by atoms with E-state index in [1.165, 1.54) is 0 Å². The molecule has 0 aliphatic carbocycles. The summed E-state index contributed by atoms with van der Waals surface area (Å²) in [7, 11) is 1.62. The van der Waals surface area contributed by atoms with Crippen molar-refractivity contribution in [2.45, 2.75) is 39.7 Å². The third-order valence-corrected chi connectivity index (χ3v) is 3.68. The molecule has 0 saturated heterocycles. The molecule has 1 rings (SSSR count). The van der Waals surface area contributed by atoms with Gasteiger partial charge in [-0.05, 0) is 31.0 Å². The van der Waals surface area contributed by atoms with Crippen LogP contribution in [0.15, 0.2) is 18.2 Å². The first-order valence-corrected chi connectivity index (χ1v) is 6.91. The zero-order chi connectivity index (χ0) is 14.4. The van der Waals surface area contributed by atoms with E-state index in [-0.39, 0.29) is 5.91 Å². The number of carbonyl (C=O) groups excluding carboxylic acids is 1. The Hall–Kier alpha value is -1.71. The van der Waals surface area contributed by atoms with Crippen LogP contribution in [0.1, 0.15) is 44.0 Å². The second kappa shape index (κ2) is 7.02. The molecule has 4 N–H and O–H groups in total. The highest BCUT2D eigenvalue weighted by Gasteiger charge is 2.15. The second-order valence-electron chi connectivity index (χ2n) is 4.89. The van der Waals surface area contributed by atoms with Gasteiger partial charge in [0, 0.05) is 18.7 Å². The average molecular weight is 263 g/mol. The summed E-state index contributed by atoms with van der Waals surface area (Å²) < 4.78 is 0. The van der Waals surface area contributed by atoms with Crippen molar-refractivity contribution in [2.75, 3.05) is 18.1 Å². The molecule has 1 atom stereocenters. The van der Waals surface area contributed by atoms with Gasteiger partial charge in [-0.25, -0.2) is 0 Å². The van der Waals surface area contributed by atoms with E-state index in [2.05, 4.69) is 31.4 Å². The third kappa shape index (κ3) is 3.88. The van der Waals surface area contributed by atoms with Crippen LogP contribution in [0.5, 0.6) is 0 Å². The minimum absolute atomic E-state index is 0.0989. The maximum atomic E-state index is 11.6. The molecule has 1 unspecified atom stereocenters. The van der Waals surface area contributed by atoms with Gasteiger partial charge in [0.2, 0.25) is 0 Å². The molecule has 4 heteroatoms. The van der Waals surface area contributed by atoms with Crippen LogP contribution in [0.4, 0.5) is 11.4 Å². The fourth-order valence-corrected chi connectivity index (χ4v) is 2.33. The lowest BCUT2D eigenvalue weighted by Crippen LogP contribution is -2.26. The summed E-state index contributed by atoms with van der Waals surface area (Å²) in [5.74, 6) is 0.501. The van der Waals surface area contributed by atoms with Gasteiger partial charge < -0.3 is 16.4 Å². The minimum Gasteiger partial charge on any atom is -0.397 e. The number of hydrogen-bond donors (Lipinski definition) is 3. The van der Waals surface area contributed by atoms with E-state index in [0.717, 1.165) is 18.5 Å². The van der Waals surface area contributed by atoms with E-state index in [4.69, 9.17) is 5.73 Å². The van der Waals surface area contributed by atoms with Gasteiger partial charge in [0.25, 0.3) is 5.91 Å². The van der Waals surface area contributed by atoms with Crippen molar-refractivity contribution in [1.29, 1.82) is 0 Å². The minimum atomic E-state index is -0.0989. The van der Waals surface area contributed by atoms with Crippen molar-refractivity contribution >= 4 is 17.3 Å². The first kappa shape index (κ1) is 15.3. The molecule has 0 radical (unpaired) electrons. The highest BCUT2D eigenvalue weighted by atomic mass is 16.1. The summed E-state index contributed by atoms with van der Waals surface area (Å²) in [6.45, 7) is 6.54. The van der Waals surface area contributed by atoms with E-state index in [0.29, 0.717) is 23.2 Å². The van der Waals surface area contributed by atoms with Crippen LogP contribution in [0.25, 0.3) is 0 Å². The van der Waals surface area contributed by atoms with E-state index < -0.39 is 0 Å². The molecule has 0 aliphatic heterocycles. The number of rotatable bonds is 6. The molecule has 19 heavy (non-hydrogen) atoms. The van der Waals surface area contributed by atoms with Gasteiger partial charge >= 0.3 is 0 Å². The van der Waals surface area contributed by atoms with Crippen LogP contribution in [-0.4, -0.2) is 19.0 Å². The van der Waals surface area contributed by atoms with Crippen LogP contribution < -0.4 is 16.4 Å². The predicted octanol–water partition coefficient (Wildman–Crippen LogP) is 2.87. The summed E-state index contributed by atoms with van der Waals surface area (Å²) in [6, 6.07) is 5.65. The maximum Gasteiger partial charge on any atom is 0.251 e. The quantitative estimate of drug-likeness (QED) is 0.691. The lowest BCUT2D eigenvalue weighted by Gasteiger charge is -2.24. The zero-order valence-corrected chi connectivity index (χ0v) is 12.3. The Labute approximate surface area is 115 Å². The normalized spacial score (nSPS) is 12.3. The monoisotopic (exact) mass is 263 g/mol. The second-order valence-corrected chi connectivity index (χ2v) is 4.89. The summed E-state index contributed by atoms with van der Waals surface area (Å²) in [4.78, 5) is 11.6. The SMILES string of the molecule is CCC(CC)C(C)Nc1cc(C(=O)NC)ccc1N. The topological polar surface area (TPSA) is 67.2 Å². The molecule has 1 aromatic rings. The average Bonchev–Trinajstić information content (AvgIpc) is 2.41. The van der Waals surface area contributed by atoms with Crippen LogP contribution >= 0.6 is 0 Å². The number of nitrogens with one attached hydrogen (secondary N) is 2. The molecule has 106 valence electrons. The molecule has 0 aromatic heterocycles. The van der Waals surface area contributed by atoms with Gasteiger partial charge in [0.1, 0.15) is 0 Å². The molecular weight excluding hydrogens is 238 g/mol. The first-order chi connectivity index (χ1) is 9.03. The molecule has 0 fully saturated rings. The van der Waals surface area contributed by atoms with Crippen molar-refractivity contribution in [3.63, 3.8) is 0 Å². The number of hydrogen-bond acceptors (Lipinski definition) is 3. The Balaban J connectivity index is 2.90. The zero-order valence-electron chi connectivity index (χ0n) is 12.3. The predicted molar refractivity (Wildman–Crippen MR) is 81.4 cm³/mol. The Kier molecular flexibility index (Phi) is 5.67. The number of nitrogens with two attached hydrogens (primary N) is 1. The molecule has 0 bridgehead atoms. The van der Waals surface area contributed by atoms with Gasteiger partial charge in [-0.15, -0.1) is 0 Å². The third-order valence-electron chi connectivity index (χ3n) is 3.68. The molecule has 0 spiro atoms. The Morgan fingerprint density at radius 1 is 1.32 bits per heavy atom. The van der Waals surface area contributed by atoms with Gasteiger partial charge in [-0.2, -0.15) is 0 Å². The molecule has 0 heterocycles. The van der Waals surface area contributed by atoms with Crippen molar-refractivity contribution in [1.82, 2.24) is 5.32 Å². The molecule has 4 nitrogen and oxygen atoms in total. The first-order valence-electron chi connectivity index (χ1n) is 6.91. The molecule has 0 saturated carbocycles. The number of nitrogen functional groups attached to an aromatic ring is 1. The largest absolute Gasteiger partial charge is 0.397 e. The van der Waals surface area contributed by atoms with Crippen molar-refractivity contribution in [2.24, 2.45) is 5.92 Å². The Bertz CT molecular complexity index is 427. The number of benzene rings is 1. The summed E-state index contributed by atoms with van der Waals surface area (Å²) in [5, 5.41) is 6.05. The number of carbonyl (C=O) groups is 1. The summed E-state index contributed by atoms with van der Waals surface area (Å²) >= 11 is 0. The molecule has 1 amide bonds. The van der Waals surface area contributed by atoms with Crippen LogP contribution in [0.3, 0.4) is 0 Å². The standard InChI is InChI=1S/C15H25N3O/c1-5-11(6-2)10(3)18-14-9-12(15(19)17-4)7-8-13(14)16/h7-11,18H,5-6,16H2,1-4H3,(H,17,19). The number of anilines is 2. The van der Waals surface area contributed by atoms with Crippen molar-refractivity contribution in [3.05, 3.63) is 23.8 Å². The van der Waals surface area contributed by atoms with E-state index in [9.17, 15) is 4.79 Å². The number of amides is 1. The molecular formula is C15H25N3O. The van der Waals surface area contributed by atoms with E-state index in [1.807, 2.05) is 6.07 Å². The Morgan fingerprint density at radius 3 is 2.47 bits per heavy atom. The van der Waals surface area contributed by atoms with E-state index in [1.54, 1.807) is 19.2 Å². The highest BCUT2D eigenvalue weighted by molar-refractivity contribution is 5.96. The summed E-state index contributed by atoms with van der Waals surface area (Å²) in [6.07, 6.45) is 2.25. The highest BCUT2D eigenvalue weighted by Crippen LogP contribution is 2.24. The lowest BCUT2D eigenvalue weighted by atomic mass is 9.95. The lowest BCUT2D eigenvalue weighted by molar-refractivity contribution is 0.0963. The summed E-state index contributed by atoms with van der Waals surface area (Å²) in [5.41, 5.74) is 8.09. The van der Waals surface area contributed by atoms with Crippen molar-refractivity contribution in [3.8, 4) is 0 Å². The van der Waals surface area contributed by atoms with Crippen LogP contribution in [0.2, 0.25) is 0 Å². The molecule has 1 aromatic carbocycles. The fourth-order valence-electron chi connectivity index (χ4n) is 2.33. The fraction of sp³-hybridized carbons (Fsp3) is 0.533. The van der Waals surface area contributed by atoms with Gasteiger partial charge in [0.05, 0.1) is 11.4 Å². The van der Waals surface area contributed by atoms with E-state index >= 15 is 0 Å². The van der Waals surface area contributed by atoms with Gasteiger partial charge in [0.15, 0.2) is 0 Å². The van der Waals surface area contributed by atoms with Gasteiger partial charge in [-0.1, -0.05) is 26.7 Å². The van der Waals surface area contributed by atoms with Crippen LogP contribution in [0, 0.1) is 5.92 Å².